The minimum absolute atomic E-state index is 0.0995. The maximum Gasteiger partial charge on any atom is 0.335 e. The molecule has 1 aliphatic rings. The Balaban J connectivity index is 1.73. The van der Waals surface area contributed by atoms with Gasteiger partial charge in [0.1, 0.15) is 11.3 Å². The number of aryl methyl sites for hydroxylation is 2. The molecule has 1 N–H and O–H groups in total. The maximum absolute atomic E-state index is 13.3. The van der Waals surface area contributed by atoms with Gasteiger partial charge in [-0.1, -0.05) is 25.1 Å². The summed E-state index contributed by atoms with van der Waals surface area (Å²) in [7, 11) is 0. The highest BCUT2D eigenvalue weighted by atomic mass is 16.5. The Morgan fingerprint density at radius 3 is 2.35 bits per heavy atom. The zero-order chi connectivity index (χ0) is 24.4. The van der Waals surface area contributed by atoms with Crippen LogP contribution in [0.4, 0.5) is 10.5 Å². The first-order chi connectivity index (χ1) is 16.3. The Labute approximate surface area is 198 Å². The lowest BCUT2D eigenvalue weighted by Crippen LogP contribution is -2.54. The van der Waals surface area contributed by atoms with Gasteiger partial charge >= 0.3 is 6.03 Å². The molecule has 3 aromatic rings. The molecule has 174 valence electrons. The number of carbonyl (C=O) groups excluding carboxylic acids is 3. The van der Waals surface area contributed by atoms with Crippen LogP contribution in [0.1, 0.15) is 36.4 Å². The van der Waals surface area contributed by atoms with Gasteiger partial charge in [0.25, 0.3) is 11.8 Å². The number of nitrogens with zero attached hydrogens (tertiary/aromatic N) is 2. The standard InChI is InChI=1S/C27H27N3O4/c1-5-19-9-7-8-10-24(19)29-17(3)15-20(18(29)4)16-23-25(31)28-27(33)30(26(23)32)21-11-13-22(14-12-21)34-6-2/h7-16H,5-6H2,1-4H3,(H,28,31,33)/b23-16+. The fourth-order valence-corrected chi connectivity index (χ4v) is 4.24. The van der Waals surface area contributed by atoms with E-state index in [1.807, 2.05) is 39.0 Å². The van der Waals surface area contributed by atoms with Gasteiger partial charge in [-0.25, -0.2) is 9.69 Å². The third-order valence-electron chi connectivity index (χ3n) is 5.89. The molecule has 34 heavy (non-hydrogen) atoms. The molecular weight excluding hydrogens is 430 g/mol. The second-order valence-electron chi connectivity index (χ2n) is 8.03. The summed E-state index contributed by atoms with van der Waals surface area (Å²) in [5.74, 6) is -0.754. The normalized spacial score (nSPS) is 15.1. The highest BCUT2D eigenvalue weighted by molar-refractivity contribution is 6.39. The molecule has 1 aliphatic heterocycles. The van der Waals surface area contributed by atoms with Crippen LogP contribution in [-0.2, 0) is 16.0 Å². The van der Waals surface area contributed by atoms with E-state index in [9.17, 15) is 14.4 Å². The number of anilines is 1. The van der Waals surface area contributed by atoms with Gasteiger partial charge < -0.3 is 9.30 Å². The molecule has 0 aliphatic carbocycles. The minimum atomic E-state index is -0.779. The van der Waals surface area contributed by atoms with Gasteiger partial charge in [-0.15, -0.1) is 0 Å². The van der Waals surface area contributed by atoms with E-state index in [1.165, 1.54) is 5.56 Å². The van der Waals surface area contributed by atoms with E-state index in [4.69, 9.17) is 4.74 Å². The molecule has 7 nitrogen and oxygen atoms in total. The number of urea groups is 1. The third-order valence-corrected chi connectivity index (χ3v) is 5.89. The van der Waals surface area contributed by atoms with Gasteiger partial charge in [-0.2, -0.15) is 0 Å². The first-order valence-electron chi connectivity index (χ1n) is 11.3. The quantitative estimate of drug-likeness (QED) is 0.429. The number of aromatic nitrogens is 1. The fraction of sp³-hybridized carbons (Fsp3) is 0.222. The van der Waals surface area contributed by atoms with Crippen LogP contribution >= 0.6 is 0 Å². The van der Waals surface area contributed by atoms with E-state index in [1.54, 1.807) is 30.3 Å². The van der Waals surface area contributed by atoms with E-state index >= 15 is 0 Å². The van der Waals surface area contributed by atoms with Crippen molar-refractivity contribution in [3.63, 3.8) is 0 Å². The summed E-state index contributed by atoms with van der Waals surface area (Å²) in [5.41, 5.74) is 5.13. The summed E-state index contributed by atoms with van der Waals surface area (Å²) in [6, 6.07) is 15.9. The number of ether oxygens (including phenoxy) is 1. The summed E-state index contributed by atoms with van der Waals surface area (Å²) in [6.07, 6.45) is 2.43. The molecule has 7 heteroatoms. The number of amides is 4. The van der Waals surface area contributed by atoms with Crippen molar-refractivity contribution in [2.75, 3.05) is 11.5 Å². The highest BCUT2D eigenvalue weighted by Gasteiger charge is 2.37. The topological polar surface area (TPSA) is 80.6 Å². The van der Waals surface area contributed by atoms with E-state index < -0.39 is 17.8 Å². The average Bonchev–Trinajstić information content (AvgIpc) is 3.10. The van der Waals surface area contributed by atoms with Crippen LogP contribution in [0.15, 0.2) is 60.2 Å². The van der Waals surface area contributed by atoms with Crippen LogP contribution in [0.5, 0.6) is 5.75 Å². The van der Waals surface area contributed by atoms with Crippen molar-refractivity contribution in [1.82, 2.24) is 9.88 Å². The minimum Gasteiger partial charge on any atom is -0.494 e. The first kappa shape index (κ1) is 23.0. The zero-order valence-corrected chi connectivity index (χ0v) is 19.7. The lowest BCUT2D eigenvalue weighted by molar-refractivity contribution is -0.122. The molecule has 0 atom stereocenters. The molecular formula is C27H27N3O4. The molecule has 0 saturated carbocycles. The number of barbiturate groups is 1. The predicted molar refractivity (Wildman–Crippen MR) is 131 cm³/mol. The average molecular weight is 458 g/mol. The Kier molecular flexibility index (Phi) is 6.36. The Hall–Kier alpha value is -4.13. The molecule has 0 bridgehead atoms. The first-order valence-corrected chi connectivity index (χ1v) is 11.3. The maximum atomic E-state index is 13.3. The summed E-state index contributed by atoms with van der Waals surface area (Å²) in [5, 5.41) is 2.28. The molecule has 4 rings (SSSR count). The summed E-state index contributed by atoms with van der Waals surface area (Å²) in [4.78, 5) is 39.4. The van der Waals surface area contributed by atoms with Gasteiger partial charge in [0.15, 0.2) is 0 Å². The number of nitrogens with one attached hydrogen (secondary N) is 1. The molecule has 1 aromatic heterocycles. The zero-order valence-electron chi connectivity index (χ0n) is 19.7. The van der Waals surface area contributed by atoms with Crippen molar-refractivity contribution >= 4 is 29.6 Å². The van der Waals surface area contributed by atoms with Crippen molar-refractivity contribution < 1.29 is 19.1 Å². The SMILES string of the molecule is CCOc1ccc(N2C(=O)NC(=O)/C(=C\c3cc(C)n(-c4ccccc4CC)c3C)C2=O)cc1. The van der Waals surface area contributed by atoms with Crippen LogP contribution in [0.3, 0.4) is 0 Å². The second-order valence-corrected chi connectivity index (χ2v) is 8.03. The fourth-order valence-electron chi connectivity index (χ4n) is 4.24. The monoisotopic (exact) mass is 457 g/mol. The van der Waals surface area contributed by atoms with Crippen LogP contribution in [0.25, 0.3) is 11.8 Å². The van der Waals surface area contributed by atoms with Gasteiger partial charge in [0, 0.05) is 17.1 Å². The van der Waals surface area contributed by atoms with E-state index in [2.05, 4.69) is 28.9 Å². The van der Waals surface area contributed by atoms with Crippen LogP contribution in [-0.4, -0.2) is 29.0 Å². The second kappa shape index (κ2) is 9.39. The molecule has 1 fully saturated rings. The van der Waals surface area contributed by atoms with E-state index in [0.29, 0.717) is 18.0 Å². The van der Waals surface area contributed by atoms with Gasteiger partial charge in [-0.05, 0) is 80.8 Å². The van der Waals surface area contributed by atoms with Crippen LogP contribution in [0.2, 0.25) is 0 Å². The number of hydrogen-bond acceptors (Lipinski definition) is 4. The van der Waals surface area contributed by atoms with Crippen LogP contribution < -0.4 is 15.0 Å². The Morgan fingerprint density at radius 1 is 0.971 bits per heavy atom. The Bertz CT molecular complexity index is 1300. The van der Waals surface area contributed by atoms with Crippen molar-refractivity contribution in [3.05, 3.63) is 82.7 Å². The van der Waals surface area contributed by atoms with Gasteiger partial charge in [0.2, 0.25) is 0 Å². The number of hydrogen-bond donors (Lipinski definition) is 1. The molecule has 2 heterocycles. The number of carbonyl (C=O) groups is 3. The largest absolute Gasteiger partial charge is 0.494 e. The lowest BCUT2D eigenvalue weighted by Gasteiger charge is -2.26. The van der Waals surface area contributed by atoms with Crippen molar-refractivity contribution in [1.29, 1.82) is 0 Å². The van der Waals surface area contributed by atoms with Crippen molar-refractivity contribution in [3.8, 4) is 11.4 Å². The van der Waals surface area contributed by atoms with Gasteiger partial charge in [0.05, 0.1) is 12.3 Å². The van der Waals surface area contributed by atoms with E-state index in [0.717, 1.165) is 34.0 Å². The molecule has 0 radical (unpaired) electrons. The Morgan fingerprint density at radius 2 is 1.68 bits per heavy atom. The van der Waals surface area contributed by atoms with Crippen molar-refractivity contribution in [2.24, 2.45) is 0 Å². The summed E-state index contributed by atoms with van der Waals surface area (Å²) < 4.78 is 7.54. The third kappa shape index (κ3) is 4.12. The van der Waals surface area contributed by atoms with Gasteiger partial charge in [-0.3, -0.25) is 14.9 Å². The predicted octanol–water partition coefficient (Wildman–Crippen LogP) is 4.72. The van der Waals surface area contributed by atoms with E-state index in [-0.39, 0.29) is 5.57 Å². The summed E-state index contributed by atoms with van der Waals surface area (Å²) in [6.45, 7) is 8.42. The number of imide groups is 2. The molecule has 2 aromatic carbocycles. The number of para-hydroxylation sites is 1. The molecule has 0 spiro atoms. The lowest BCUT2D eigenvalue weighted by atomic mass is 10.1. The molecule has 1 saturated heterocycles. The number of benzene rings is 2. The smallest absolute Gasteiger partial charge is 0.335 e. The molecule has 4 amide bonds. The number of rotatable bonds is 6. The van der Waals surface area contributed by atoms with Crippen LogP contribution in [0, 0.1) is 13.8 Å². The highest BCUT2D eigenvalue weighted by Crippen LogP contribution is 2.28. The molecule has 0 unspecified atom stereocenters. The van der Waals surface area contributed by atoms with Crippen molar-refractivity contribution in [2.45, 2.75) is 34.1 Å². The summed E-state index contributed by atoms with van der Waals surface area (Å²) >= 11 is 0.